The molecule has 0 spiro atoms. The van der Waals surface area contributed by atoms with Crippen molar-refractivity contribution in [3.8, 4) is 5.75 Å². The molecule has 0 aromatic heterocycles. The van der Waals surface area contributed by atoms with Gasteiger partial charge in [0.2, 0.25) is 0 Å². The topological polar surface area (TPSA) is 21.3 Å². The lowest BCUT2D eigenvalue weighted by Crippen LogP contribution is -2.22. The van der Waals surface area contributed by atoms with Gasteiger partial charge in [0.05, 0.1) is 5.56 Å². The Morgan fingerprint density at radius 1 is 1.40 bits per heavy atom. The minimum Gasteiger partial charge on any atom is -0.488 e. The van der Waals surface area contributed by atoms with Gasteiger partial charge in [0, 0.05) is 17.1 Å². The summed E-state index contributed by atoms with van der Waals surface area (Å²) in [6.07, 6.45) is -4.45. The van der Waals surface area contributed by atoms with Crippen molar-refractivity contribution in [2.24, 2.45) is 0 Å². The number of alkyl halides is 3. The average molecular weight is 352 g/mol. The summed E-state index contributed by atoms with van der Waals surface area (Å²) in [5.41, 5.74) is -0.203. The van der Waals surface area contributed by atoms with Crippen molar-refractivity contribution < 1.29 is 17.9 Å². The highest BCUT2D eigenvalue weighted by atomic mass is 79.9. The first-order chi connectivity index (χ1) is 9.20. The van der Waals surface area contributed by atoms with Crippen molar-refractivity contribution in [3.63, 3.8) is 0 Å². The van der Waals surface area contributed by atoms with Crippen LogP contribution in [0, 0.1) is 0 Å². The van der Waals surface area contributed by atoms with E-state index in [1.807, 2.05) is 13.8 Å². The molecular weight excluding hydrogens is 335 g/mol. The summed E-state index contributed by atoms with van der Waals surface area (Å²) in [6, 6.07) is 4.28. The summed E-state index contributed by atoms with van der Waals surface area (Å²) in [5.74, 6) is -0.189. The van der Waals surface area contributed by atoms with Crippen LogP contribution < -0.4 is 10.1 Å². The Hall–Kier alpha value is -1.01. The van der Waals surface area contributed by atoms with Crippen molar-refractivity contribution in [3.05, 3.63) is 40.4 Å². The highest BCUT2D eigenvalue weighted by Crippen LogP contribution is 2.37. The zero-order valence-electron chi connectivity index (χ0n) is 11.4. The maximum Gasteiger partial charge on any atom is 0.419 e. The summed E-state index contributed by atoms with van der Waals surface area (Å²) >= 11 is 3.05. The summed E-state index contributed by atoms with van der Waals surface area (Å²) in [6.45, 7) is 7.77. The predicted molar refractivity (Wildman–Crippen MR) is 77.0 cm³/mol. The van der Waals surface area contributed by atoms with Gasteiger partial charge in [0.15, 0.2) is 0 Å². The predicted octanol–water partition coefficient (Wildman–Crippen LogP) is 4.49. The molecule has 0 aliphatic rings. The van der Waals surface area contributed by atoms with Gasteiger partial charge in [-0.15, -0.1) is 0 Å². The van der Waals surface area contributed by atoms with Crippen LogP contribution in [-0.4, -0.2) is 12.6 Å². The lowest BCUT2D eigenvalue weighted by atomic mass is 10.1. The van der Waals surface area contributed by atoms with E-state index in [-0.39, 0.29) is 18.4 Å². The lowest BCUT2D eigenvalue weighted by Gasteiger charge is -2.16. The molecule has 0 aliphatic heterocycles. The Morgan fingerprint density at radius 2 is 2.05 bits per heavy atom. The molecule has 0 fully saturated rings. The molecular formula is C14H17BrF3NO. The molecule has 1 aromatic rings. The van der Waals surface area contributed by atoms with Gasteiger partial charge >= 0.3 is 6.18 Å². The number of hydrogen-bond acceptors (Lipinski definition) is 2. The van der Waals surface area contributed by atoms with E-state index in [0.29, 0.717) is 16.6 Å². The smallest absolute Gasteiger partial charge is 0.419 e. The molecule has 1 N–H and O–H groups in total. The number of rotatable bonds is 6. The molecule has 0 saturated heterocycles. The highest BCUT2D eigenvalue weighted by molar-refractivity contribution is 9.11. The Kier molecular flexibility index (Phi) is 6.07. The molecule has 0 unspecified atom stereocenters. The fourth-order valence-electron chi connectivity index (χ4n) is 1.51. The van der Waals surface area contributed by atoms with Crippen molar-refractivity contribution in [1.29, 1.82) is 0 Å². The van der Waals surface area contributed by atoms with Crippen LogP contribution in [0.1, 0.15) is 25.0 Å². The van der Waals surface area contributed by atoms with Crippen LogP contribution in [-0.2, 0) is 12.7 Å². The molecule has 0 bridgehead atoms. The number of hydrogen-bond donors (Lipinski definition) is 1. The first-order valence-electron chi connectivity index (χ1n) is 6.09. The number of nitrogens with one attached hydrogen (secondary N) is 1. The number of ether oxygens (including phenoxy) is 1. The highest BCUT2D eigenvalue weighted by Gasteiger charge is 2.34. The Balaban J connectivity index is 2.98. The van der Waals surface area contributed by atoms with E-state index in [2.05, 4.69) is 27.8 Å². The van der Waals surface area contributed by atoms with E-state index in [9.17, 15) is 13.2 Å². The Morgan fingerprint density at radius 3 is 2.55 bits per heavy atom. The molecule has 1 aromatic carbocycles. The van der Waals surface area contributed by atoms with Gasteiger partial charge < -0.3 is 10.1 Å². The summed E-state index contributed by atoms with van der Waals surface area (Å²) < 4.78 is 44.7. The van der Waals surface area contributed by atoms with Crippen LogP contribution in [0.3, 0.4) is 0 Å². The van der Waals surface area contributed by atoms with Gasteiger partial charge in [-0.3, -0.25) is 0 Å². The molecule has 0 aliphatic carbocycles. The van der Waals surface area contributed by atoms with Gasteiger partial charge in [0.25, 0.3) is 0 Å². The van der Waals surface area contributed by atoms with Crippen molar-refractivity contribution >= 4 is 15.9 Å². The van der Waals surface area contributed by atoms with Gasteiger partial charge in [0.1, 0.15) is 12.4 Å². The van der Waals surface area contributed by atoms with Gasteiger partial charge in [-0.05, 0) is 17.7 Å². The maximum absolute atomic E-state index is 13.0. The molecule has 20 heavy (non-hydrogen) atoms. The molecule has 6 heteroatoms. The van der Waals surface area contributed by atoms with Gasteiger partial charge in [-0.25, -0.2) is 0 Å². The third kappa shape index (κ3) is 5.54. The fourth-order valence-corrected chi connectivity index (χ4v) is 1.63. The first kappa shape index (κ1) is 17.0. The molecule has 1 rings (SSSR count). The van der Waals surface area contributed by atoms with E-state index in [0.717, 1.165) is 6.07 Å². The van der Waals surface area contributed by atoms with E-state index in [1.54, 1.807) is 6.07 Å². The zero-order valence-corrected chi connectivity index (χ0v) is 12.9. The zero-order chi connectivity index (χ0) is 15.3. The molecule has 0 radical (unpaired) electrons. The normalized spacial score (nSPS) is 11.8. The third-order valence-electron chi connectivity index (χ3n) is 2.45. The SMILES string of the molecule is C=C(Br)COc1ccc(CNC(C)C)cc1C(F)(F)F. The monoisotopic (exact) mass is 351 g/mol. The van der Waals surface area contributed by atoms with Crippen LogP contribution in [0.2, 0.25) is 0 Å². The lowest BCUT2D eigenvalue weighted by molar-refractivity contribution is -0.138. The minimum atomic E-state index is -4.45. The average Bonchev–Trinajstić information content (AvgIpc) is 2.33. The second kappa shape index (κ2) is 7.13. The maximum atomic E-state index is 13.0. The van der Waals surface area contributed by atoms with Crippen molar-refractivity contribution in [2.75, 3.05) is 6.61 Å². The number of halogens is 4. The minimum absolute atomic E-state index is 0.00727. The first-order valence-corrected chi connectivity index (χ1v) is 6.89. The van der Waals surface area contributed by atoms with Gasteiger partial charge in [-0.2, -0.15) is 13.2 Å². The van der Waals surface area contributed by atoms with Crippen molar-refractivity contribution in [2.45, 2.75) is 32.6 Å². The molecule has 0 amide bonds. The summed E-state index contributed by atoms with van der Waals surface area (Å²) in [4.78, 5) is 0. The third-order valence-corrected chi connectivity index (χ3v) is 2.68. The quantitative estimate of drug-likeness (QED) is 0.815. The van der Waals surface area contributed by atoms with E-state index < -0.39 is 11.7 Å². The van der Waals surface area contributed by atoms with Crippen LogP contribution in [0.4, 0.5) is 13.2 Å². The fraction of sp³-hybridized carbons (Fsp3) is 0.429. The van der Waals surface area contributed by atoms with E-state index >= 15 is 0 Å². The van der Waals surface area contributed by atoms with E-state index in [4.69, 9.17) is 4.74 Å². The molecule has 0 saturated carbocycles. The standard InChI is InChI=1S/C14H17BrF3NO/c1-9(2)19-7-11-4-5-13(20-8-10(3)15)12(6-11)14(16,17)18/h4-6,9,19H,3,7-8H2,1-2H3. The van der Waals surface area contributed by atoms with Crippen LogP contribution in [0.5, 0.6) is 5.75 Å². The molecule has 112 valence electrons. The summed E-state index contributed by atoms with van der Waals surface area (Å²) in [5, 5.41) is 3.08. The number of benzene rings is 1. The van der Waals surface area contributed by atoms with Crippen LogP contribution in [0.25, 0.3) is 0 Å². The second-order valence-electron chi connectivity index (χ2n) is 4.67. The molecule has 0 atom stereocenters. The Labute approximate surface area is 125 Å². The molecule has 2 nitrogen and oxygen atoms in total. The van der Waals surface area contributed by atoms with Crippen LogP contribution >= 0.6 is 15.9 Å². The van der Waals surface area contributed by atoms with Crippen LogP contribution in [0.15, 0.2) is 29.3 Å². The second-order valence-corrected chi connectivity index (χ2v) is 5.79. The van der Waals surface area contributed by atoms with E-state index in [1.165, 1.54) is 6.07 Å². The largest absolute Gasteiger partial charge is 0.488 e. The Bertz CT molecular complexity index is 472. The summed E-state index contributed by atoms with van der Waals surface area (Å²) in [7, 11) is 0. The molecule has 0 heterocycles. The van der Waals surface area contributed by atoms with Crippen molar-refractivity contribution in [1.82, 2.24) is 5.32 Å². The van der Waals surface area contributed by atoms with Gasteiger partial charge in [-0.1, -0.05) is 42.4 Å².